The van der Waals surface area contributed by atoms with Gasteiger partial charge >= 0.3 is 6.18 Å². The highest BCUT2D eigenvalue weighted by Crippen LogP contribution is 2.29. The molecule has 1 aromatic rings. The minimum absolute atomic E-state index is 0.603. The Kier molecular flexibility index (Phi) is 3.56. The van der Waals surface area contributed by atoms with Crippen LogP contribution in [0.2, 0.25) is 0 Å². The molecule has 0 saturated heterocycles. The summed E-state index contributed by atoms with van der Waals surface area (Å²) in [7, 11) is 0. The Morgan fingerprint density at radius 2 is 1.73 bits per heavy atom. The molecule has 0 nitrogen and oxygen atoms in total. The van der Waals surface area contributed by atoms with Gasteiger partial charge in [0.2, 0.25) is 0 Å². The fraction of sp³-hybridized carbons (Fsp3) is 0.333. The summed E-state index contributed by atoms with van der Waals surface area (Å²) in [5, 5.41) is 0. The van der Waals surface area contributed by atoms with Gasteiger partial charge in [0.1, 0.15) is 0 Å². The molecule has 15 heavy (non-hydrogen) atoms. The summed E-state index contributed by atoms with van der Waals surface area (Å²) >= 11 is 0. The molecule has 0 fully saturated rings. The van der Waals surface area contributed by atoms with Crippen LogP contribution in [0.4, 0.5) is 13.2 Å². The molecule has 0 saturated carbocycles. The molecule has 0 bridgehead atoms. The molecule has 0 N–H and O–H groups in total. The maximum absolute atomic E-state index is 12.2. The Morgan fingerprint density at radius 3 is 2.13 bits per heavy atom. The largest absolute Gasteiger partial charge is 0.416 e. The van der Waals surface area contributed by atoms with Crippen molar-refractivity contribution >= 4 is 0 Å². The molecular formula is C12H13F3. The lowest BCUT2D eigenvalue weighted by atomic mass is 10.0. The summed E-state index contributed by atoms with van der Waals surface area (Å²) < 4.78 is 36.7. The van der Waals surface area contributed by atoms with Gasteiger partial charge < -0.3 is 0 Å². The fourth-order valence-corrected chi connectivity index (χ4v) is 1.23. The molecule has 0 radical (unpaired) electrons. The normalized spacial score (nSPS) is 11.5. The van der Waals surface area contributed by atoms with Gasteiger partial charge in [0.15, 0.2) is 0 Å². The average Bonchev–Trinajstić information content (AvgIpc) is 2.17. The Bertz CT molecular complexity index is 333. The van der Waals surface area contributed by atoms with Gasteiger partial charge in [0.25, 0.3) is 0 Å². The van der Waals surface area contributed by atoms with Crippen molar-refractivity contribution in [1.29, 1.82) is 0 Å². The molecule has 1 aromatic carbocycles. The van der Waals surface area contributed by atoms with Crippen LogP contribution in [0.1, 0.15) is 24.5 Å². The highest BCUT2D eigenvalue weighted by Gasteiger charge is 2.29. The van der Waals surface area contributed by atoms with E-state index in [-0.39, 0.29) is 0 Å². The first-order valence-corrected chi connectivity index (χ1v) is 4.76. The second-order valence-corrected chi connectivity index (χ2v) is 3.48. The molecular weight excluding hydrogens is 201 g/mol. The number of benzene rings is 1. The van der Waals surface area contributed by atoms with E-state index in [0.29, 0.717) is 6.42 Å². The first-order valence-electron chi connectivity index (χ1n) is 4.76. The quantitative estimate of drug-likeness (QED) is 0.661. The third kappa shape index (κ3) is 3.42. The van der Waals surface area contributed by atoms with E-state index in [9.17, 15) is 13.2 Å². The van der Waals surface area contributed by atoms with Crippen molar-refractivity contribution in [2.75, 3.05) is 0 Å². The lowest BCUT2D eigenvalue weighted by Crippen LogP contribution is -2.04. The van der Waals surface area contributed by atoms with Gasteiger partial charge in [-0.05, 0) is 30.5 Å². The monoisotopic (exact) mass is 214 g/mol. The molecule has 1 rings (SSSR count). The number of alkyl halides is 3. The zero-order valence-electron chi connectivity index (χ0n) is 8.56. The van der Waals surface area contributed by atoms with Crippen LogP contribution < -0.4 is 0 Å². The van der Waals surface area contributed by atoms with Crippen molar-refractivity contribution in [3.05, 3.63) is 47.5 Å². The molecule has 0 aliphatic heterocycles. The van der Waals surface area contributed by atoms with E-state index in [4.69, 9.17) is 0 Å². The van der Waals surface area contributed by atoms with Crippen LogP contribution in [-0.4, -0.2) is 0 Å². The third-order valence-electron chi connectivity index (χ3n) is 2.24. The highest BCUT2D eigenvalue weighted by molar-refractivity contribution is 5.27. The lowest BCUT2D eigenvalue weighted by Gasteiger charge is -2.08. The number of hydrogen-bond acceptors (Lipinski definition) is 0. The predicted octanol–water partition coefficient (Wildman–Crippen LogP) is 4.21. The second kappa shape index (κ2) is 4.51. The summed E-state index contributed by atoms with van der Waals surface area (Å²) in [4.78, 5) is 0. The molecule has 0 aliphatic carbocycles. The second-order valence-electron chi connectivity index (χ2n) is 3.48. The van der Waals surface area contributed by atoms with E-state index >= 15 is 0 Å². The van der Waals surface area contributed by atoms with Crippen LogP contribution in [0, 0.1) is 0 Å². The van der Waals surface area contributed by atoms with E-state index in [2.05, 4.69) is 6.58 Å². The van der Waals surface area contributed by atoms with Gasteiger partial charge in [0.05, 0.1) is 5.56 Å². The number of halogens is 3. The first-order chi connectivity index (χ1) is 6.93. The van der Waals surface area contributed by atoms with E-state index in [1.165, 1.54) is 12.1 Å². The molecule has 0 spiro atoms. The molecule has 0 atom stereocenters. The van der Waals surface area contributed by atoms with Gasteiger partial charge in [0, 0.05) is 0 Å². The van der Waals surface area contributed by atoms with Crippen LogP contribution in [0.5, 0.6) is 0 Å². The van der Waals surface area contributed by atoms with Crippen molar-refractivity contribution < 1.29 is 13.2 Å². The van der Waals surface area contributed by atoms with E-state index in [1.54, 1.807) is 0 Å². The van der Waals surface area contributed by atoms with Crippen LogP contribution in [0.15, 0.2) is 36.4 Å². The Morgan fingerprint density at radius 1 is 1.20 bits per heavy atom. The minimum atomic E-state index is -4.25. The van der Waals surface area contributed by atoms with Crippen molar-refractivity contribution in [2.45, 2.75) is 25.9 Å². The summed E-state index contributed by atoms with van der Waals surface area (Å²) in [5.41, 5.74) is 1.29. The van der Waals surface area contributed by atoms with Crippen molar-refractivity contribution in [1.82, 2.24) is 0 Å². The third-order valence-corrected chi connectivity index (χ3v) is 2.24. The number of hydrogen-bond donors (Lipinski definition) is 0. The van der Waals surface area contributed by atoms with E-state index in [0.717, 1.165) is 29.7 Å². The van der Waals surface area contributed by atoms with Gasteiger partial charge in [-0.2, -0.15) is 13.2 Å². The molecule has 0 heterocycles. The molecule has 3 heteroatoms. The van der Waals surface area contributed by atoms with Crippen molar-refractivity contribution in [3.8, 4) is 0 Å². The maximum atomic E-state index is 12.2. The predicted molar refractivity (Wildman–Crippen MR) is 54.6 cm³/mol. The average molecular weight is 214 g/mol. The summed E-state index contributed by atoms with van der Waals surface area (Å²) in [6, 6.07) is 5.23. The number of allylic oxidation sites excluding steroid dienone is 1. The maximum Gasteiger partial charge on any atom is 0.416 e. The Labute approximate surface area is 87.4 Å². The zero-order chi connectivity index (χ0) is 11.5. The van der Waals surface area contributed by atoms with Crippen LogP contribution >= 0.6 is 0 Å². The smallest absolute Gasteiger partial charge is 0.166 e. The van der Waals surface area contributed by atoms with Crippen molar-refractivity contribution in [3.63, 3.8) is 0 Å². The van der Waals surface area contributed by atoms with Gasteiger partial charge in [-0.25, -0.2) is 0 Å². The van der Waals surface area contributed by atoms with Gasteiger partial charge in [-0.15, -0.1) is 0 Å². The van der Waals surface area contributed by atoms with Crippen LogP contribution in [0.3, 0.4) is 0 Å². The summed E-state index contributed by atoms with van der Waals surface area (Å²) in [6.07, 6.45) is -2.75. The highest BCUT2D eigenvalue weighted by atomic mass is 19.4. The molecule has 82 valence electrons. The zero-order valence-corrected chi connectivity index (χ0v) is 8.56. The Balaban J connectivity index is 2.77. The minimum Gasteiger partial charge on any atom is -0.166 e. The van der Waals surface area contributed by atoms with Crippen LogP contribution in [-0.2, 0) is 12.6 Å². The lowest BCUT2D eigenvalue weighted by molar-refractivity contribution is -0.137. The molecule has 0 aliphatic rings. The molecule has 0 aromatic heterocycles. The van der Waals surface area contributed by atoms with Gasteiger partial charge in [-0.3, -0.25) is 0 Å². The summed E-state index contributed by atoms with van der Waals surface area (Å²) in [6.45, 7) is 5.80. The number of rotatable bonds is 3. The summed E-state index contributed by atoms with van der Waals surface area (Å²) in [5.74, 6) is 0. The van der Waals surface area contributed by atoms with E-state index in [1.807, 2.05) is 6.92 Å². The van der Waals surface area contributed by atoms with Crippen molar-refractivity contribution in [2.24, 2.45) is 0 Å². The van der Waals surface area contributed by atoms with Crippen LogP contribution in [0.25, 0.3) is 0 Å². The topological polar surface area (TPSA) is 0 Å². The molecule has 0 amide bonds. The van der Waals surface area contributed by atoms with Gasteiger partial charge in [-0.1, -0.05) is 31.2 Å². The Hall–Kier alpha value is -1.25. The SMILES string of the molecule is C=C(CC)Cc1ccc(C(F)(F)F)cc1. The molecule has 0 unspecified atom stereocenters. The van der Waals surface area contributed by atoms with E-state index < -0.39 is 11.7 Å². The standard InChI is InChI=1S/C12H13F3/c1-3-9(2)8-10-4-6-11(7-5-10)12(13,14)15/h4-7H,2-3,8H2,1H3. The fourth-order valence-electron chi connectivity index (χ4n) is 1.23. The first kappa shape index (κ1) is 11.8.